The fraction of sp³-hybridized carbons (Fsp3) is 0.647. The molecule has 3 rings (SSSR count). The minimum atomic E-state index is -0.121. The van der Waals surface area contributed by atoms with Crippen molar-refractivity contribution in [1.82, 2.24) is 10.3 Å². The molecule has 1 amide bonds. The third-order valence-electron chi connectivity index (χ3n) is 4.70. The maximum atomic E-state index is 12.4. The Hall–Kier alpha value is -1.62. The monoisotopic (exact) mass is 304 g/mol. The summed E-state index contributed by atoms with van der Waals surface area (Å²) in [6.07, 6.45) is 2.34. The van der Waals surface area contributed by atoms with Crippen LogP contribution in [0.25, 0.3) is 0 Å². The molecule has 2 aliphatic rings. The van der Waals surface area contributed by atoms with Gasteiger partial charge in [-0.25, -0.2) is 0 Å². The van der Waals surface area contributed by atoms with E-state index in [2.05, 4.69) is 24.1 Å². The summed E-state index contributed by atoms with van der Waals surface area (Å²) in [7, 11) is 0. The lowest BCUT2D eigenvalue weighted by Crippen LogP contribution is -2.30. The van der Waals surface area contributed by atoms with Crippen LogP contribution in [-0.2, 0) is 11.2 Å². The lowest BCUT2D eigenvalue weighted by atomic mass is 9.75. The first-order valence-electron chi connectivity index (χ1n) is 7.98. The SMILES string of the molecule is Cc1c(C(=O)NCC2CCOC2)[nH]c2c1C(=O)CC(C)(C)C2. The van der Waals surface area contributed by atoms with E-state index in [1.54, 1.807) is 0 Å². The zero-order valence-electron chi connectivity index (χ0n) is 13.5. The van der Waals surface area contributed by atoms with E-state index in [1.165, 1.54) is 0 Å². The first-order valence-corrected chi connectivity index (χ1v) is 7.98. The second-order valence-corrected chi connectivity index (χ2v) is 7.36. The largest absolute Gasteiger partial charge is 0.381 e. The Kier molecular flexibility index (Phi) is 3.85. The van der Waals surface area contributed by atoms with Crippen molar-refractivity contribution in [2.45, 2.75) is 40.0 Å². The van der Waals surface area contributed by atoms with Gasteiger partial charge in [0.25, 0.3) is 5.91 Å². The number of Topliss-reactive ketones (excluding diaryl/α,β-unsaturated/α-hetero) is 1. The zero-order chi connectivity index (χ0) is 15.9. The summed E-state index contributed by atoms with van der Waals surface area (Å²) in [5.41, 5.74) is 2.92. The van der Waals surface area contributed by atoms with E-state index in [-0.39, 0.29) is 17.1 Å². The second-order valence-electron chi connectivity index (χ2n) is 7.36. The molecule has 1 fully saturated rings. The number of rotatable bonds is 3. The molecule has 0 bridgehead atoms. The van der Waals surface area contributed by atoms with Gasteiger partial charge >= 0.3 is 0 Å². The minimum absolute atomic E-state index is 0.0453. The van der Waals surface area contributed by atoms with E-state index in [4.69, 9.17) is 4.74 Å². The van der Waals surface area contributed by atoms with E-state index in [9.17, 15) is 9.59 Å². The Labute approximate surface area is 130 Å². The van der Waals surface area contributed by atoms with Crippen LogP contribution in [0, 0.1) is 18.3 Å². The second kappa shape index (κ2) is 5.54. The molecule has 120 valence electrons. The van der Waals surface area contributed by atoms with Gasteiger partial charge in [-0.15, -0.1) is 0 Å². The number of nitrogens with one attached hydrogen (secondary N) is 2. The Morgan fingerprint density at radius 1 is 1.41 bits per heavy atom. The Bertz CT molecular complexity index is 610. The van der Waals surface area contributed by atoms with Gasteiger partial charge in [0.15, 0.2) is 5.78 Å². The van der Waals surface area contributed by atoms with E-state index in [1.807, 2.05) is 6.92 Å². The van der Waals surface area contributed by atoms with Gasteiger partial charge in [0.1, 0.15) is 5.69 Å². The Morgan fingerprint density at radius 2 is 2.18 bits per heavy atom. The van der Waals surface area contributed by atoms with Crippen molar-refractivity contribution >= 4 is 11.7 Å². The zero-order valence-corrected chi connectivity index (χ0v) is 13.5. The summed E-state index contributed by atoms with van der Waals surface area (Å²) in [5.74, 6) is 0.419. The van der Waals surface area contributed by atoms with Crippen LogP contribution in [0.15, 0.2) is 0 Å². The highest BCUT2D eigenvalue weighted by atomic mass is 16.5. The number of carbonyl (C=O) groups excluding carboxylic acids is 2. The number of aromatic amines is 1. The standard InChI is InChI=1S/C17H24N2O3/c1-10-14-12(6-17(2,3)7-13(14)20)19-15(10)16(21)18-8-11-4-5-22-9-11/h11,19H,4-9H2,1-3H3,(H,18,21). The highest BCUT2D eigenvalue weighted by Gasteiger charge is 2.35. The molecule has 1 saturated heterocycles. The number of carbonyl (C=O) groups is 2. The smallest absolute Gasteiger partial charge is 0.268 e. The van der Waals surface area contributed by atoms with Crippen molar-refractivity contribution in [3.05, 3.63) is 22.5 Å². The molecule has 1 aromatic rings. The van der Waals surface area contributed by atoms with E-state index < -0.39 is 0 Å². The molecule has 0 aromatic carbocycles. The fourth-order valence-electron chi connectivity index (χ4n) is 3.53. The average Bonchev–Trinajstić information content (AvgIpc) is 3.02. The van der Waals surface area contributed by atoms with Crippen molar-refractivity contribution in [2.24, 2.45) is 11.3 Å². The number of hydrogen-bond donors (Lipinski definition) is 2. The third kappa shape index (κ3) is 2.82. The van der Waals surface area contributed by atoms with Crippen LogP contribution in [0.5, 0.6) is 0 Å². The third-order valence-corrected chi connectivity index (χ3v) is 4.70. The molecule has 5 nitrogen and oxygen atoms in total. The topological polar surface area (TPSA) is 71.2 Å². The van der Waals surface area contributed by atoms with Crippen molar-refractivity contribution in [3.8, 4) is 0 Å². The van der Waals surface area contributed by atoms with Crippen LogP contribution in [-0.4, -0.2) is 36.4 Å². The van der Waals surface area contributed by atoms with Crippen LogP contribution in [0.1, 0.15) is 58.8 Å². The first kappa shape index (κ1) is 15.3. The first-order chi connectivity index (χ1) is 10.4. The molecule has 1 atom stereocenters. The predicted octanol–water partition coefficient (Wildman–Crippen LogP) is 2.24. The van der Waals surface area contributed by atoms with Gasteiger partial charge in [-0.2, -0.15) is 0 Å². The van der Waals surface area contributed by atoms with Crippen LogP contribution >= 0.6 is 0 Å². The number of H-pyrrole nitrogens is 1. The molecule has 2 heterocycles. The minimum Gasteiger partial charge on any atom is -0.381 e. The van der Waals surface area contributed by atoms with Crippen molar-refractivity contribution in [1.29, 1.82) is 0 Å². The van der Waals surface area contributed by atoms with Crippen molar-refractivity contribution in [2.75, 3.05) is 19.8 Å². The Morgan fingerprint density at radius 3 is 2.86 bits per heavy atom. The van der Waals surface area contributed by atoms with Crippen molar-refractivity contribution in [3.63, 3.8) is 0 Å². The molecule has 0 saturated carbocycles. The van der Waals surface area contributed by atoms with Crippen LogP contribution in [0.2, 0.25) is 0 Å². The number of aromatic nitrogens is 1. The molecule has 1 unspecified atom stereocenters. The summed E-state index contributed by atoms with van der Waals surface area (Å²) >= 11 is 0. The summed E-state index contributed by atoms with van der Waals surface area (Å²) in [5, 5.41) is 2.96. The van der Waals surface area contributed by atoms with Crippen LogP contribution in [0.3, 0.4) is 0 Å². The molecule has 1 aliphatic heterocycles. The molecule has 1 aliphatic carbocycles. The number of fused-ring (bicyclic) bond motifs is 1. The molecule has 5 heteroatoms. The van der Waals surface area contributed by atoms with E-state index in [0.29, 0.717) is 31.2 Å². The van der Waals surface area contributed by atoms with Gasteiger partial charge in [-0.3, -0.25) is 9.59 Å². The lowest BCUT2D eigenvalue weighted by molar-refractivity contribution is 0.0909. The fourth-order valence-corrected chi connectivity index (χ4v) is 3.53. The maximum absolute atomic E-state index is 12.4. The normalized spacial score (nSPS) is 23.4. The summed E-state index contributed by atoms with van der Waals surface area (Å²) < 4.78 is 5.32. The van der Waals surface area contributed by atoms with Gasteiger partial charge in [0.2, 0.25) is 0 Å². The van der Waals surface area contributed by atoms with Gasteiger partial charge in [0, 0.05) is 36.7 Å². The maximum Gasteiger partial charge on any atom is 0.268 e. The van der Waals surface area contributed by atoms with Gasteiger partial charge in [-0.05, 0) is 30.7 Å². The van der Waals surface area contributed by atoms with Gasteiger partial charge in [-0.1, -0.05) is 13.8 Å². The van der Waals surface area contributed by atoms with Gasteiger partial charge in [0.05, 0.1) is 6.61 Å². The summed E-state index contributed by atoms with van der Waals surface area (Å²) in [6, 6.07) is 0. The lowest BCUT2D eigenvalue weighted by Gasteiger charge is -2.28. The van der Waals surface area contributed by atoms with Crippen LogP contribution < -0.4 is 5.32 Å². The number of hydrogen-bond acceptors (Lipinski definition) is 3. The quantitative estimate of drug-likeness (QED) is 0.899. The summed E-state index contributed by atoms with van der Waals surface area (Å²) in [6.45, 7) is 8.15. The molecular formula is C17H24N2O3. The number of ketones is 1. The predicted molar refractivity (Wildman–Crippen MR) is 83.2 cm³/mol. The van der Waals surface area contributed by atoms with Gasteiger partial charge < -0.3 is 15.0 Å². The van der Waals surface area contributed by atoms with E-state index >= 15 is 0 Å². The summed E-state index contributed by atoms with van der Waals surface area (Å²) in [4.78, 5) is 28.0. The highest BCUT2D eigenvalue weighted by Crippen LogP contribution is 2.36. The number of amides is 1. The Balaban J connectivity index is 1.77. The molecule has 22 heavy (non-hydrogen) atoms. The molecular weight excluding hydrogens is 280 g/mol. The molecule has 2 N–H and O–H groups in total. The number of ether oxygens (including phenoxy) is 1. The average molecular weight is 304 g/mol. The van der Waals surface area contributed by atoms with E-state index in [0.717, 1.165) is 36.3 Å². The highest BCUT2D eigenvalue weighted by molar-refractivity contribution is 6.04. The molecule has 0 radical (unpaired) electrons. The van der Waals surface area contributed by atoms with Crippen molar-refractivity contribution < 1.29 is 14.3 Å². The molecule has 0 spiro atoms. The molecule has 1 aromatic heterocycles. The van der Waals surface area contributed by atoms with Crippen LogP contribution in [0.4, 0.5) is 0 Å².